The number of amides is 1. The van der Waals surface area contributed by atoms with E-state index >= 15 is 0 Å². The molecule has 0 radical (unpaired) electrons. The maximum Gasteiger partial charge on any atom is 0.407 e. The third-order valence-corrected chi connectivity index (χ3v) is 3.64. The lowest BCUT2D eigenvalue weighted by atomic mass is 9.73. The van der Waals surface area contributed by atoms with Gasteiger partial charge in [0.15, 0.2) is 0 Å². The Morgan fingerprint density at radius 2 is 2.14 bits per heavy atom. The second kappa shape index (κ2) is 5.53. The van der Waals surface area contributed by atoms with Gasteiger partial charge in [0.05, 0.1) is 0 Å². The van der Waals surface area contributed by atoms with Crippen LogP contribution in [0.4, 0.5) is 9.18 Å². The minimum absolute atomic E-state index is 0.127. The second-order valence-electron chi connectivity index (χ2n) is 6.31. The van der Waals surface area contributed by atoms with Gasteiger partial charge >= 0.3 is 6.09 Å². The molecule has 2 rings (SSSR count). The number of nitrogens with one attached hydrogen (secondary N) is 1. The topological polar surface area (TPSA) is 71.5 Å². The van der Waals surface area contributed by atoms with Crippen LogP contribution in [0.5, 0.6) is 0 Å². The van der Waals surface area contributed by atoms with Gasteiger partial charge in [-0.1, -0.05) is 0 Å². The number of rotatable bonds is 2. The maximum absolute atomic E-state index is 13.8. The van der Waals surface area contributed by atoms with E-state index in [1.54, 1.807) is 6.07 Å². The fourth-order valence-electron chi connectivity index (χ4n) is 2.24. The van der Waals surface area contributed by atoms with Crippen LogP contribution >= 0.6 is 15.9 Å². The van der Waals surface area contributed by atoms with E-state index in [0.29, 0.717) is 4.60 Å². The van der Waals surface area contributed by atoms with Gasteiger partial charge < -0.3 is 15.2 Å². The summed E-state index contributed by atoms with van der Waals surface area (Å²) < 4.78 is 19.3. The van der Waals surface area contributed by atoms with E-state index in [9.17, 15) is 14.3 Å². The van der Waals surface area contributed by atoms with Gasteiger partial charge in [0.2, 0.25) is 5.95 Å². The summed E-state index contributed by atoms with van der Waals surface area (Å²) in [5, 5.41) is 13.0. The number of alkyl carbamates (subject to hydrolysis) is 1. The van der Waals surface area contributed by atoms with Crippen molar-refractivity contribution < 1.29 is 19.0 Å². The molecule has 21 heavy (non-hydrogen) atoms. The first-order chi connectivity index (χ1) is 9.59. The molecule has 1 saturated carbocycles. The number of aromatic nitrogens is 1. The van der Waals surface area contributed by atoms with Gasteiger partial charge in [-0.25, -0.2) is 9.78 Å². The summed E-state index contributed by atoms with van der Waals surface area (Å²) in [4.78, 5) is 15.2. The number of aliphatic hydroxyl groups is 1. The lowest BCUT2D eigenvalue weighted by Crippen LogP contribution is -2.50. The van der Waals surface area contributed by atoms with Crippen LogP contribution in [-0.2, 0) is 10.3 Å². The zero-order valence-corrected chi connectivity index (χ0v) is 13.7. The van der Waals surface area contributed by atoms with Crippen molar-refractivity contribution in [1.29, 1.82) is 0 Å². The van der Waals surface area contributed by atoms with Crippen molar-refractivity contribution in [2.45, 2.75) is 50.9 Å². The van der Waals surface area contributed by atoms with Crippen molar-refractivity contribution >= 4 is 22.0 Å². The van der Waals surface area contributed by atoms with Gasteiger partial charge in [0.25, 0.3) is 0 Å². The smallest absolute Gasteiger partial charge is 0.407 e. The van der Waals surface area contributed by atoms with E-state index < -0.39 is 29.3 Å². The van der Waals surface area contributed by atoms with E-state index in [-0.39, 0.29) is 18.4 Å². The second-order valence-corrected chi connectivity index (χ2v) is 7.13. The normalized spacial score (nSPS) is 25.1. The number of pyridine rings is 1. The van der Waals surface area contributed by atoms with Gasteiger partial charge in [-0.3, -0.25) is 0 Å². The highest BCUT2D eigenvalue weighted by Gasteiger charge is 2.48. The molecular formula is C14H18BrFN2O3. The van der Waals surface area contributed by atoms with Gasteiger partial charge in [-0.2, -0.15) is 4.39 Å². The number of carbonyl (C=O) groups excluding carboxylic acids is 1. The van der Waals surface area contributed by atoms with Crippen molar-refractivity contribution in [1.82, 2.24) is 10.3 Å². The molecule has 1 aromatic heterocycles. The van der Waals surface area contributed by atoms with Crippen LogP contribution < -0.4 is 5.32 Å². The average molecular weight is 361 g/mol. The molecule has 0 atom stereocenters. The zero-order chi connectivity index (χ0) is 15.8. The summed E-state index contributed by atoms with van der Waals surface area (Å²) in [5.74, 6) is -0.718. The highest BCUT2D eigenvalue weighted by molar-refractivity contribution is 9.10. The fraction of sp³-hybridized carbons (Fsp3) is 0.571. The van der Waals surface area contributed by atoms with Crippen molar-refractivity contribution in [2.75, 3.05) is 0 Å². The monoisotopic (exact) mass is 360 g/mol. The van der Waals surface area contributed by atoms with E-state index in [4.69, 9.17) is 4.74 Å². The van der Waals surface area contributed by atoms with Crippen LogP contribution in [0.15, 0.2) is 16.7 Å². The number of hydrogen-bond acceptors (Lipinski definition) is 4. The lowest BCUT2D eigenvalue weighted by molar-refractivity contribution is -0.123. The first-order valence-corrected chi connectivity index (χ1v) is 7.42. The number of carbonyl (C=O) groups is 1. The quantitative estimate of drug-likeness (QED) is 0.795. The van der Waals surface area contributed by atoms with Crippen molar-refractivity contribution in [2.24, 2.45) is 0 Å². The molecule has 0 unspecified atom stereocenters. The third-order valence-electron chi connectivity index (χ3n) is 3.20. The third kappa shape index (κ3) is 3.91. The SMILES string of the molecule is CC(C)(C)NC(=O)OC1CC(O)(c2ccc(Br)nc2F)C1. The summed E-state index contributed by atoms with van der Waals surface area (Å²) in [6.07, 6.45) is -0.653. The number of ether oxygens (including phenoxy) is 1. The Kier molecular flexibility index (Phi) is 4.26. The van der Waals surface area contributed by atoms with Crippen molar-refractivity contribution in [3.8, 4) is 0 Å². The number of halogens is 2. The molecule has 0 aliphatic heterocycles. The van der Waals surface area contributed by atoms with Crippen LogP contribution in [0.2, 0.25) is 0 Å². The van der Waals surface area contributed by atoms with Crippen molar-refractivity contribution in [3.63, 3.8) is 0 Å². The van der Waals surface area contributed by atoms with Crippen LogP contribution in [0.3, 0.4) is 0 Å². The Hall–Kier alpha value is -1.21. The minimum atomic E-state index is -1.33. The fourth-order valence-corrected chi connectivity index (χ4v) is 2.53. The molecule has 0 saturated heterocycles. The molecule has 1 heterocycles. The van der Waals surface area contributed by atoms with Crippen molar-refractivity contribution in [3.05, 3.63) is 28.2 Å². The van der Waals surface area contributed by atoms with Gasteiger partial charge in [0.1, 0.15) is 16.3 Å². The maximum atomic E-state index is 13.8. The Labute approximate surface area is 131 Å². The number of nitrogens with zero attached hydrogens (tertiary/aromatic N) is 1. The molecule has 1 aliphatic rings. The highest BCUT2D eigenvalue weighted by atomic mass is 79.9. The molecule has 1 amide bonds. The Balaban J connectivity index is 1.94. The molecule has 0 spiro atoms. The standard InChI is InChI=1S/C14H18BrFN2O3/c1-13(2,3)18-12(19)21-8-6-14(20,7-8)9-4-5-10(15)17-11(9)16/h4-5,8,20H,6-7H2,1-3H3,(H,18,19). The highest BCUT2D eigenvalue weighted by Crippen LogP contribution is 2.43. The molecule has 7 heteroatoms. The Morgan fingerprint density at radius 1 is 1.52 bits per heavy atom. The summed E-state index contributed by atoms with van der Waals surface area (Å²) in [6, 6.07) is 3.05. The molecule has 1 aliphatic carbocycles. The molecule has 116 valence electrons. The summed E-state index contributed by atoms with van der Waals surface area (Å²) in [6.45, 7) is 5.52. The van der Waals surface area contributed by atoms with Crippen LogP contribution in [0.1, 0.15) is 39.2 Å². The number of hydrogen-bond donors (Lipinski definition) is 2. The first kappa shape index (κ1) is 16.2. The summed E-state index contributed by atoms with van der Waals surface area (Å²) >= 11 is 3.07. The molecular weight excluding hydrogens is 343 g/mol. The average Bonchev–Trinajstić information content (AvgIpc) is 2.23. The molecule has 2 N–H and O–H groups in total. The minimum Gasteiger partial charge on any atom is -0.446 e. The van der Waals surface area contributed by atoms with E-state index in [2.05, 4.69) is 26.2 Å². The lowest BCUT2D eigenvalue weighted by Gasteiger charge is -2.43. The Morgan fingerprint density at radius 3 is 2.67 bits per heavy atom. The summed E-state index contributed by atoms with van der Waals surface area (Å²) in [7, 11) is 0. The predicted molar refractivity (Wildman–Crippen MR) is 78.2 cm³/mol. The molecule has 1 aromatic rings. The first-order valence-electron chi connectivity index (χ1n) is 6.63. The zero-order valence-electron chi connectivity index (χ0n) is 12.1. The van der Waals surface area contributed by atoms with E-state index in [1.165, 1.54) is 6.07 Å². The summed E-state index contributed by atoms with van der Waals surface area (Å²) in [5.41, 5.74) is -1.59. The molecule has 1 fully saturated rings. The Bertz CT molecular complexity index is 554. The largest absolute Gasteiger partial charge is 0.446 e. The van der Waals surface area contributed by atoms with Gasteiger partial charge in [0, 0.05) is 23.9 Å². The molecule has 5 nitrogen and oxygen atoms in total. The van der Waals surface area contributed by atoms with E-state index in [0.717, 1.165) is 0 Å². The molecule has 0 bridgehead atoms. The van der Waals surface area contributed by atoms with Crippen LogP contribution in [0, 0.1) is 5.95 Å². The van der Waals surface area contributed by atoms with Crippen LogP contribution in [-0.4, -0.2) is 27.8 Å². The predicted octanol–water partition coefficient (Wildman–Crippen LogP) is 2.86. The van der Waals surface area contributed by atoms with Crippen LogP contribution in [0.25, 0.3) is 0 Å². The van der Waals surface area contributed by atoms with Gasteiger partial charge in [-0.15, -0.1) is 0 Å². The van der Waals surface area contributed by atoms with E-state index in [1.807, 2.05) is 20.8 Å². The molecule has 0 aromatic carbocycles. The van der Waals surface area contributed by atoms with Gasteiger partial charge in [-0.05, 0) is 48.8 Å².